The number of para-hydroxylation sites is 1. The highest BCUT2D eigenvalue weighted by atomic mass is 16.5. The molecule has 7 heteroatoms. The number of H-pyrrole nitrogens is 1. The minimum atomic E-state index is -0.533. The maximum atomic E-state index is 13.0. The topological polar surface area (TPSA) is 98.4 Å². The van der Waals surface area contributed by atoms with E-state index in [0.717, 1.165) is 41.4 Å². The second kappa shape index (κ2) is 7.74. The van der Waals surface area contributed by atoms with Gasteiger partial charge < -0.3 is 14.5 Å². The molecule has 4 rings (SSSR count). The maximum Gasteiger partial charge on any atom is 0.339 e. The summed E-state index contributed by atoms with van der Waals surface area (Å²) in [7, 11) is 1.29. The van der Waals surface area contributed by atoms with Crippen LogP contribution in [0, 0.1) is 13.8 Å². The van der Waals surface area contributed by atoms with Crippen LogP contribution >= 0.6 is 0 Å². The minimum absolute atomic E-state index is 0.241. The van der Waals surface area contributed by atoms with Gasteiger partial charge in [0, 0.05) is 16.8 Å². The lowest BCUT2D eigenvalue weighted by Gasteiger charge is -2.12. The van der Waals surface area contributed by atoms with Gasteiger partial charge in [0.15, 0.2) is 6.61 Å². The van der Waals surface area contributed by atoms with Crippen molar-refractivity contribution in [1.29, 1.82) is 0 Å². The second-order valence-electron chi connectivity index (χ2n) is 7.40. The zero-order chi connectivity index (χ0) is 21.4. The molecule has 0 fully saturated rings. The zero-order valence-electron chi connectivity index (χ0n) is 17.1. The van der Waals surface area contributed by atoms with Crippen LogP contribution in [0.2, 0.25) is 0 Å². The van der Waals surface area contributed by atoms with Gasteiger partial charge in [-0.3, -0.25) is 9.78 Å². The number of rotatable bonds is 5. The van der Waals surface area contributed by atoms with Crippen molar-refractivity contribution in [2.45, 2.75) is 33.1 Å². The molecule has 0 spiro atoms. The summed E-state index contributed by atoms with van der Waals surface area (Å²) in [5, 5.41) is 0.732. The molecule has 0 unspecified atom stereocenters. The Morgan fingerprint density at radius 1 is 1.07 bits per heavy atom. The van der Waals surface area contributed by atoms with E-state index in [4.69, 9.17) is 9.47 Å². The molecule has 7 nitrogen and oxygen atoms in total. The number of esters is 2. The van der Waals surface area contributed by atoms with Crippen LogP contribution < -0.4 is 0 Å². The van der Waals surface area contributed by atoms with Crippen molar-refractivity contribution in [1.82, 2.24) is 9.97 Å². The number of fused-ring (bicyclic) bond motifs is 2. The lowest BCUT2D eigenvalue weighted by Crippen LogP contribution is -2.17. The molecule has 1 aliphatic rings. The smallest absolute Gasteiger partial charge is 0.339 e. The predicted octanol–water partition coefficient (Wildman–Crippen LogP) is 3.49. The number of hydrogen-bond acceptors (Lipinski definition) is 6. The second-order valence-corrected chi connectivity index (χ2v) is 7.40. The van der Waals surface area contributed by atoms with Gasteiger partial charge >= 0.3 is 11.9 Å². The number of aromatic amines is 1. The van der Waals surface area contributed by atoms with Gasteiger partial charge in [-0.15, -0.1) is 0 Å². The fraction of sp³-hybridized carbons (Fsp3) is 0.304. The SMILES string of the molecule is COC(=O)c1c(C)[nH]c(C(=O)COC(=O)c2c3c(nc4ccccc24)CCC3)c1C. The first-order chi connectivity index (χ1) is 14.4. The molecule has 154 valence electrons. The standard InChI is InChI=1S/C23H22N2O5/c1-12-19(22(27)29-3)13(2)24-21(12)18(26)11-30-23(28)20-14-7-4-5-9-16(14)25-17-10-6-8-15(17)20/h4-5,7,9,24H,6,8,10-11H2,1-3H3. The predicted molar refractivity (Wildman–Crippen MR) is 110 cm³/mol. The summed E-state index contributed by atoms with van der Waals surface area (Å²) < 4.78 is 10.2. The van der Waals surface area contributed by atoms with Gasteiger partial charge in [0.1, 0.15) is 0 Å². The monoisotopic (exact) mass is 406 g/mol. The number of ether oxygens (including phenoxy) is 2. The molecule has 0 amide bonds. The van der Waals surface area contributed by atoms with Crippen molar-refractivity contribution in [3.05, 3.63) is 63.6 Å². The summed E-state index contributed by atoms with van der Waals surface area (Å²) in [6, 6.07) is 7.45. The number of methoxy groups -OCH3 is 1. The number of Topliss-reactive ketones (excluding diaryl/α,β-unsaturated/α-hetero) is 1. The molecular weight excluding hydrogens is 384 g/mol. The number of nitrogens with one attached hydrogen (secondary N) is 1. The third kappa shape index (κ3) is 3.26. The molecule has 0 radical (unpaired) electrons. The average molecular weight is 406 g/mol. The van der Waals surface area contributed by atoms with E-state index in [2.05, 4.69) is 9.97 Å². The van der Waals surface area contributed by atoms with Crippen molar-refractivity contribution in [3.8, 4) is 0 Å². The number of aryl methyl sites for hydroxylation is 2. The van der Waals surface area contributed by atoms with Crippen LogP contribution in [-0.2, 0) is 22.3 Å². The van der Waals surface area contributed by atoms with E-state index in [1.165, 1.54) is 7.11 Å². The molecule has 2 aromatic heterocycles. The van der Waals surface area contributed by atoms with E-state index in [-0.39, 0.29) is 5.69 Å². The summed E-state index contributed by atoms with van der Waals surface area (Å²) in [4.78, 5) is 45.2. The number of carbonyl (C=O) groups is 3. The molecule has 1 N–H and O–H groups in total. The summed E-state index contributed by atoms with van der Waals surface area (Å²) in [5.41, 5.74) is 4.65. The van der Waals surface area contributed by atoms with Gasteiger partial charge in [-0.05, 0) is 50.3 Å². The zero-order valence-corrected chi connectivity index (χ0v) is 17.1. The number of nitrogens with zero attached hydrogens (tertiary/aromatic N) is 1. The molecule has 0 saturated heterocycles. The van der Waals surface area contributed by atoms with Gasteiger partial charge in [0.25, 0.3) is 0 Å². The lowest BCUT2D eigenvalue weighted by molar-refractivity contribution is 0.0474. The molecule has 0 saturated carbocycles. The van der Waals surface area contributed by atoms with E-state index in [9.17, 15) is 14.4 Å². The van der Waals surface area contributed by atoms with Gasteiger partial charge in [-0.1, -0.05) is 18.2 Å². The van der Waals surface area contributed by atoms with Crippen molar-refractivity contribution in [2.24, 2.45) is 0 Å². The average Bonchev–Trinajstić information content (AvgIpc) is 3.32. The van der Waals surface area contributed by atoms with Crippen LogP contribution in [-0.4, -0.2) is 41.4 Å². The van der Waals surface area contributed by atoms with Crippen LogP contribution in [0.25, 0.3) is 10.9 Å². The molecule has 30 heavy (non-hydrogen) atoms. The highest BCUT2D eigenvalue weighted by molar-refractivity contribution is 6.07. The third-order valence-corrected chi connectivity index (χ3v) is 5.56. The molecule has 0 bridgehead atoms. The normalized spacial score (nSPS) is 12.6. The maximum absolute atomic E-state index is 13.0. The van der Waals surface area contributed by atoms with E-state index < -0.39 is 24.3 Å². The number of aromatic nitrogens is 2. The number of ketones is 1. The number of hydrogen-bond donors (Lipinski definition) is 1. The Morgan fingerprint density at radius 3 is 2.60 bits per heavy atom. The van der Waals surface area contributed by atoms with E-state index >= 15 is 0 Å². The first-order valence-electron chi connectivity index (χ1n) is 9.80. The summed E-state index contributed by atoms with van der Waals surface area (Å²) in [5.74, 6) is -1.46. The van der Waals surface area contributed by atoms with E-state index in [1.807, 2.05) is 24.3 Å². The van der Waals surface area contributed by atoms with Crippen molar-refractivity contribution in [3.63, 3.8) is 0 Å². The first kappa shape index (κ1) is 19.8. The van der Waals surface area contributed by atoms with Crippen molar-refractivity contribution < 1.29 is 23.9 Å². The molecule has 3 aromatic rings. The van der Waals surface area contributed by atoms with E-state index in [0.29, 0.717) is 22.4 Å². The van der Waals surface area contributed by atoms with Crippen LogP contribution in [0.3, 0.4) is 0 Å². The van der Waals surface area contributed by atoms with Crippen molar-refractivity contribution in [2.75, 3.05) is 13.7 Å². The molecular formula is C23H22N2O5. The van der Waals surface area contributed by atoms with E-state index in [1.54, 1.807) is 13.8 Å². The molecule has 1 aromatic carbocycles. The Kier molecular flexibility index (Phi) is 5.11. The van der Waals surface area contributed by atoms with Gasteiger partial charge in [-0.2, -0.15) is 0 Å². The lowest BCUT2D eigenvalue weighted by atomic mass is 10.0. The fourth-order valence-corrected chi connectivity index (χ4v) is 4.16. The molecule has 2 heterocycles. The quantitative estimate of drug-likeness (QED) is 0.514. The summed E-state index contributed by atoms with van der Waals surface area (Å²) in [6.45, 7) is 2.92. The highest BCUT2D eigenvalue weighted by Gasteiger charge is 2.27. The van der Waals surface area contributed by atoms with Gasteiger partial charge in [0.05, 0.1) is 29.4 Å². The summed E-state index contributed by atoms with van der Waals surface area (Å²) in [6.07, 6.45) is 2.54. The largest absolute Gasteiger partial charge is 0.465 e. The van der Waals surface area contributed by atoms with Crippen LogP contribution in [0.1, 0.15) is 60.1 Å². The van der Waals surface area contributed by atoms with Crippen LogP contribution in [0.15, 0.2) is 24.3 Å². The Hall–Kier alpha value is -3.48. The Balaban J connectivity index is 1.60. The Labute approximate surface area is 173 Å². The molecule has 0 aliphatic heterocycles. The first-order valence-corrected chi connectivity index (χ1v) is 9.80. The Bertz CT molecular complexity index is 1190. The third-order valence-electron chi connectivity index (χ3n) is 5.56. The number of pyridine rings is 1. The van der Waals surface area contributed by atoms with Crippen molar-refractivity contribution >= 4 is 28.6 Å². The van der Waals surface area contributed by atoms with Crippen LogP contribution in [0.5, 0.6) is 0 Å². The number of benzene rings is 1. The van der Waals surface area contributed by atoms with Crippen LogP contribution in [0.4, 0.5) is 0 Å². The molecule has 1 aliphatic carbocycles. The fourth-order valence-electron chi connectivity index (χ4n) is 4.16. The number of carbonyl (C=O) groups excluding carboxylic acids is 3. The van der Waals surface area contributed by atoms with Gasteiger partial charge in [-0.25, -0.2) is 9.59 Å². The minimum Gasteiger partial charge on any atom is -0.465 e. The summed E-state index contributed by atoms with van der Waals surface area (Å²) >= 11 is 0. The Morgan fingerprint density at radius 2 is 1.83 bits per heavy atom. The molecule has 0 atom stereocenters. The van der Waals surface area contributed by atoms with Gasteiger partial charge in [0.2, 0.25) is 5.78 Å². The highest BCUT2D eigenvalue weighted by Crippen LogP contribution is 2.30.